The third-order valence-corrected chi connectivity index (χ3v) is 5.09. The van der Waals surface area contributed by atoms with Gasteiger partial charge in [0.1, 0.15) is 17.2 Å². The van der Waals surface area contributed by atoms with Crippen LogP contribution in [0.25, 0.3) is 10.2 Å². The van der Waals surface area contributed by atoms with E-state index in [0.29, 0.717) is 17.8 Å². The molecule has 0 fully saturated rings. The van der Waals surface area contributed by atoms with E-state index in [1.807, 2.05) is 19.0 Å². The van der Waals surface area contributed by atoms with Crippen LogP contribution in [0.1, 0.15) is 29.1 Å². The van der Waals surface area contributed by atoms with Crippen molar-refractivity contribution in [2.24, 2.45) is 0 Å². The van der Waals surface area contributed by atoms with Crippen LogP contribution in [0.5, 0.6) is 0 Å². The van der Waals surface area contributed by atoms with Crippen LogP contribution in [-0.4, -0.2) is 39.6 Å². The fourth-order valence-electron chi connectivity index (χ4n) is 2.98. The minimum Gasteiger partial charge on any atom is -0.480 e. The molecule has 1 aliphatic carbocycles. The first-order valence-electron chi connectivity index (χ1n) is 7.38. The van der Waals surface area contributed by atoms with Gasteiger partial charge in [0.15, 0.2) is 0 Å². The number of carboxylic acid groups (broad SMARTS) is 1. The molecule has 0 saturated carbocycles. The van der Waals surface area contributed by atoms with Crippen molar-refractivity contribution in [2.75, 3.05) is 14.1 Å². The Labute approximate surface area is 132 Å². The van der Waals surface area contributed by atoms with Crippen molar-refractivity contribution in [2.45, 2.75) is 38.8 Å². The summed E-state index contributed by atoms with van der Waals surface area (Å²) in [5.74, 6) is -0.504. The maximum atomic E-state index is 12.8. The van der Waals surface area contributed by atoms with Crippen molar-refractivity contribution >= 4 is 27.5 Å². The molecule has 3 rings (SSSR count). The molecule has 0 bridgehead atoms. The highest BCUT2D eigenvalue weighted by Gasteiger charge is 2.22. The average Bonchev–Trinajstić information content (AvgIpc) is 2.80. The van der Waals surface area contributed by atoms with Crippen molar-refractivity contribution in [3.05, 3.63) is 26.6 Å². The molecule has 2 aromatic rings. The molecule has 2 heterocycles. The fraction of sp³-hybridized carbons (Fsp3) is 0.533. The summed E-state index contributed by atoms with van der Waals surface area (Å²) in [5.41, 5.74) is 0.892. The normalized spacial score (nSPS) is 14.5. The van der Waals surface area contributed by atoms with Crippen LogP contribution in [-0.2, 0) is 30.7 Å². The maximum absolute atomic E-state index is 12.8. The Morgan fingerprint density at radius 2 is 2.09 bits per heavy atom. The van der Waals surface area contributed by atoms with E-state index in [9.17, 15) is 9.59 Å². The van der Waals surface area contributed by atoms with Gasteiger partial charge in [0, 0.05) is 4.88 Å². The Balaban J connectivity index is 2.25. The summed E-state index contributed by atoms with van der Waals surface area (Å²) >= 11 is 1.59. The van der Waals surface area contributed by atoms with Crippen molar-refractivity contribution < 1.29 is 9.90 Å². The summed E-state index contributed by atoms with van der Waals surface area (Å²) in [5, 5.41) is 9.75. The fourth-order valence-corrected chi connectivity index (χ4v) is 4.25. The van der Waals surface area contributed by atoms with Gasteiger partial charge in [0.2, 0.25) is 0 Å². The Morgan fingerprint density at radius 3 is 2.77 bits per heavy atom. The lowest BCUT2D eigenvalue weighted by atomic mass is 9.97. The van der Waals surface area contributed by atoms with E-state index in [-0.39, 0.29) is 12.1 Å². The van der Waals surface area contributed by atoms with Gasteiger partial charge in [0.05, 0.1) is 11.9 Å². The highest BCUT2D eigenvalue weighted by molar-refractivity contribution is 7.18. The van der Waals surface area contributed by atoms with Gasteiger partial charge in [-0.2, -0.15) is 0 Å². The zero-order chi connectivity index (χ0) is 15.9. The number of aliphatic carboxylic acids is 1. The van der Waals surface area contributed by atoms with E-state index >= 15 is 0 Å². The van der Waals surface area contributed by atoms with Crippen LogP contribution in [0.3, 0.4) is 0 Å². The lowest BCUT2D eigenvalue weighted by molar-refractivity contribution is -0.137. The number of rotatable bonds is 4. The molecule has 0 spiro atoms. The number of fused-ring (bicyclic) bond motifs is 3. The van der Waals surface area contributed by atoms with Gasteiger partial charge in [-0.1, -0.05) is 0 Å². The first-order valence-corrected chi connectivity index (χ1v) is 8.19. The second-order valence-corrected chi connectivity index (χ2v) is 7.03. The second kappa shape index (κ2) is 5.81. The standard InChI is InChI=1S/C15H19N3O3S/c1-17(2)7-11-16-14-13(15(21)18(11)8-12(19)20)9-5-3-4-6-10(9)22-14/h3-8H2,1-2H3,(H,19,20). The van der Waals surface area contributed by atoms with Crippen LogP contribution >= 0.6 is 11.3 Å². The molecule has 7 heteroatoms. The third-order valence-electron chi connectivity index (χ3n) is 3.90. The lowest BCUT2D eigenvalue weighted by Gasteiger charge is -2.15. The number of thiophene rings is 1. The number of carboxylic acids is 1. The Morgan fingerprint density at radius 1 is 1.36 bits per heavy atom. The van der Waals surface area contributed by atoms with Crippen LogP contribution in [0.2, 0.25) is 0 Å². The lowest BCUT2D eigenvalue weighted by Crippen LogP contribution is -2.31. The second-order valence-electron chi connectivity index (χ2n) is 5.94. The highest BCUT2D eigenvalue weighted by atomic mass is 32.1. The molecule has 118 valence electrons. The molecule has 2 aromatic heterocycles. The minimum atomic E-state index is -1.02. The summed E-state index contributed by atoms with van der Waals surface area (Å²) in [6.45, 7) is 0.108. The molecule has 0 saturated heterocycles. The number of carbonyl (C=O) groups is 1. The molecular weight excluding hydrogens is 302 g/mol. The monoisotopic (exact) mass is 321 g/mol. The van der Waals surface area contributed by atoms with Gasteiger partial charge in [0.25, 0.3) is 5.56 Å². The summed E-state index contributed by atoms with van der Waals surface area (Å²) in [6, 6.07) is 0. The molecule has 6 nitrogen and oxygen atoms in total. The molecular formula is C15H19N3O3S. The SMILES string of the molecule is CN(C)Cc1nc2sc3c(c2c(=O)n1CC(=O)O)CCCC3. The number of aromatic nitrogens is 2. The summed E-state index contributed by atoms with van der Waals surface area (Å²) in [6.07, 6.45) is 4.12. The molecule has 0 aromatic carbocycles. The number of aryl methyl sites for hydroxylation is 2. The topological polar surface area (TPSA) is 75.4 Å². The predicted molar refractivity (Wildman–Crippen MR) is 85.5 cm³/mol. The van der Waals surface area contributed by atoms with Crippen molar-refractivity contribution in [1.29, 1.82) is 0 Å². The molecule has 22 heavy (non-hydrogen) atoms. The van der Waals surface area contributed by atoms with E-state index in [0.717, 1.165) is 36.1 Å². The largest absolute Gasteiger partial charge is 0.480 e. The predicted octanol–water partition coefficient (Wildman–Crippen LogP) is 1.48. The molecule has 0 unspecified atom stereocenters. The van der Waals surface area contributed by atoms with E-state index < -0.39 is 5.97 Å². The van der Waals surface area contributed by atoms with Gasteiger partial charge in [-0.15, -0.1) is 11.3 Å². The van der Waals surface area contributed by atoms with E-state index in [1.54, 1.807) is 11.3 Å². The van der Waals surface area contributed by atoms with Crippen LogP contribution < -0.4 is 5.56 Å². The first kappa shape index (κ1) is 15.2. The van der Waals surface area contributed by atoms with Gasteiger partial charge in [-0.25, -0.2) is 4.98 Å². The van der Waals surface area contributed by atoms with Gasteiger partial charge < -0.3 is 10.0 Å². The van der Waals surface area contributed by atoms with Crippen molar-refractivity contribution in [3.8, 4) is 0 Å². The molecule has 0 radical (unpaired) electrons. The van der Waals surface area contributed by atoms with Gasteiger partial charge >= 0.3 is 5.97 Å². The van der Waals surface area contributed by atoms with E-state index in [2.05, 4.69) is 4.98 Å². The molecule has 1 aliphatic rings. The maximum Gasteiger partial charge on any atom is 0.323 e. The first-order chi connectivity index (χ1) is 10.5. The van der Waals surface area contributed by atoms with Crippen LogP contribution in [0.15, 0.2) is 4.79 Å². The summed E-state index contributed by atoms with van der Waals surface area (Å²) < 4.78 is 1.31. The molecule has 0 aliphatic heterocycles. The summed E-state index contributed by atoms with van der Waals surface area (Å²) in [4.78, 5) is 32.5. The quantitative estimate of drug-likeness (QED) is 0.923. The number of hydrogen-bond acceptors (Lipinski definition) is 5. The zero-order valence-corrected chi connectivity index (χ0v) is 13.6. The van der Waals surface area contributed by atoms with Gasteiger partial charge in [-0.3, -0.25) is 14.2 Å². The molecule has 1 N–H and O–H groups in total. The Kier molecular flexibility index (Phi) is 4.01. The minimum absolute atomic E-state index is 0.205. The number of nitrogens with zero attached hydrogens (tertiary/aromatic N) is 3. The number of hydrogen-bond donors (Lipinski definition) is 1. The third kappa shape index (κ3) is 2.66. The van der Waals surface area contributed by atoms with E-state index in [1.165, 1.54) is 9.44 Å². The highest BCUT2D eigenvalue weighted by Crippen LogP contribution is 2.33. The van der Waals surface area contributed by atoms with Crippen molar-refractivity contribution in [3.63, 3.8) is 0 Å². The zero-order valence-electron chi connectivity index (χ0n) is 12.8. The Hall–Kier alpha value is -1.73. The molecule has 0 atom stereocenters. The Bertz CT molecular complexity index is 791. The van der Waals surface area contributed by atoms with Crippen molar-refractivity contribution in [1.82, 2.24) is 14.5 Å². The van der Waals surface area contributed by atoms with E-state index in [4.69, 9.17) is 5.11 Å². The van der Waals surface area contributed by atoms with Crippen LogP contribution in [0.4, 0.5) is 0 Å². The van der Waals surface area contributed by atoms with Crippen LogP contribution in [0, 0.1) is 0 Å². The summed E-state index contributed by atoms with van der Waals surface area (Å²) in [7, 11) is 3.75. The average molecular weight is 321 g/mol. The van der Waals surface area contributed by atoms with Gasteiger partial charge in [-0.05, 0) is 45.3 Å². The smallest absolute Gasteiger partial charge is 0.323 e. The molecule has 0 amide bonds.